The van der Waals surface area contributed by atoms with Gasteiger partial charge in [0.15, 0.2) is 5.65 Å². The van der Waals surface area contributed by atoms with Crippen LogP contribution in [0, 0.1) is 0 Å². The predicted molar refractivity (Wildman–Crippen MR) is 129 cm³/mol. The molecule has 11 nitrogen and oxygen atoms in total. The number of amides is 2. The average Bonchev–Trinajstić information content (AvgIpc) is 2.82. The van der Waals surface area contributed by atoms with Crippen LogP contribution in [0.15, 0.2) is 53.7 Å². The summed E-state index contributed by atoms with van der Waals surface area (Å²) in [6.45, 7) is 3.95. The highest BCUT2D eigenvalue weighted by atomic mass is 16.5. The van der Waals surface area contributed by atoms with Crippen molar-refractivity contribution < 1.29 is 9.53 Å². The summed E-state index contributed by atoms with van der Waals surface area (Å²) in [6.07, 6.45) is 4.59. The van der Waals surface area contributed by atoms with E-state index in [0.29, 0.717) is 40.2 Å². The van der Waals surface area contributed by atoms with Crippen molar-refractivity contribution in [1.82, 2.24) is 29.8 Å². The van der Waals surface area contributed by atoms with E-state index in [1.165, 1.54) is 30.2 Å². The Morgan fingerprint density at radius 2 is 1.88 bits per heavy atom. The molecule has 0 fully saturated rings. The zero-order valence-electron chi connectivity index (χ0n) is 19.2. The van der Waals surface area contributed by atoms with Gasteiger partial charge in [-0.1, -0.05) is 0 Å². The minimum Gasteiger partial charge on any atom is -0.456 e. The molecule has 174 valence electrons. The normalized spacial score (nSPS) is 10.9. The van der Waals surface area contributed by atoms with Crippen molar-refractivity contribution in [3.05, 3.63) is 59.3 Å². The largest absolute Gasteiger partial charge is 0.456 e. The SMILES string of the molecule is CNC(=O)Nc1cc(Oc2cnc3nc(-c4cnc(NC(C)C)n(C)c4=O)ccc3c2)ccn1. The third kappa shape index (κ3) is 4.93. The van der Waals surface area contributed by atoms with Crippen LogP contribution in [0.1, 0.15) is 13.8 Å². The Morgan fingerprint density at radius 3 is 2.65 bits per heavy atom. The van der Waals surface area contributed by atoms with Gasteiger partial charge in [-0.2, -0.15) is 0 Å². The van der Waals surface area contributed by atoms with Crippen molar-refractivity contribution in [3.8, 4) is 22.8 Å². The number of nitrogens with zero attached hydrogens (tertiary/aromatic N) is 5. The molecule has 34 heavy (non-hydrogen) atoms. The summed E-state index contributed by atoms with van der Waals surface area (Å²) in [5.41, 5.74) is 1.13. The molecule has 0 aliphatic heterocycles. The molecule has 4 aromatic rings. The lowest BCUT2D eigenvalue weighted by atomic mass is 10.2. The lowest BCUT2D eigenvalue weighted by Gasteiger charge is -2.13. The standard InChI is InChI=1S/C23H24N8O3/c1-13(2)28-22-27-12-17(21(32)31(22)4)18-6-5-14-9-16(11-26-20(14)29-18)34-15-7-8-25-19(10-15)30-23(33)24-3/h5-13H,1-4H3,(H,27,28)(H2,24,25,30,33). The van der Waals surface area contributed by atoms with Crippen molar-refractivity contribution in [1.29, 1.82) is 0 Å². The topological polar surface area (TPSA) is 136 Å². The Morgan fingerprint density at radius 1 is 1.06 bits per heavy atom. The van der Waals surface area contributed by atoms with E-state index in [1.807, 2.05) is 19.9 Å². The quantitative estimate of drug-likeness (QED) is 0.399. The van der Waals surface area contributed by atoms with Crippen molar-refractivity contribution in [2.45, 2.75) is 19.9 Å². The van der Waals surface area contributed by atoms with Crippen molar-refractivity contribution in [2.75, 3.05) is 17.7 Å². The number of carbonyl (C=O) groups is 1. The summed E-state index contributed by atoms with van der Waals surface area (Å²) in [5, 5.41) is 8.93. The summed E-state index contributed by atoms with van der Waals surface area (Å²) in [6, 6.07) is 8.39. The highest BCUT2D eigenvalue weighted by Gasteiger charge is 2.13. The van der Waals surface area contributed by atoms with E-state index in [9.17, 15) is 9.59 Å². The minimum atomic E-state index is -0.380. The van der Waals surface area contributed by atoms with Gasteiger partial charge in [-0.05, 0) is 38.1 Å². The minimum absolute atomic E-state index is 0.147. The van der Waals surface area contributed by atoms with Crippen LogP contribution in [-0.2, 0) is 7.05 Å². The van der Waals surface area contributed by atoms with E-state index in [0.717, 1.165) is 5.39 Å². The smallest absolute Gasteiger partial charge is 0.320 e. The molecular formula is C23H24N8O3. The number of aromatic nitrogens is 5. The zero-order valence-corrected chi connectivity index (χ0v) is 19.2. The fourth-order valence-electron chi connectivity index (χ4n) is 3.17. The van der Waals surface area contributed by atoms with Crippen LogP contribution in [0.25, 0.3) is 22.3 Å². The predicted octanol–water partition coefficient (Wildman–Crippen LogP) is 3.15. The lowest BCUT2D eigenvalue weighted by Crippen LogP contribution is -2.25. The van der Waals surface area contributed by atoms with Gasteiger partial charge in [0.2, 0.25) is 5.95 Å². The van der Waals surface area contributed by atoms with Gasteiger partial charge in [-0.15, -0.1) is 0 Å². The van der Waals surface area contributed by atoms with Gasteiger partial charge < -0.3 is 15.4 Å². The van der Waals surface area contributed by atoms with Crippen LogP contribution < -0.4 is 26.2 Å². The maximum atomic E-state index is 12.8. The number of pyridine rings is 3. The van der Waals surface area contributed by atoms with Gasteiger partial charge in [0.1, 0.15) is 17.3 Å². The first kappa shape index (κ1) is 22.6. The van der Waals surface area contributed by atoms with E-state index in [4.69, 9.17) is 4.74 Å². The molecule has 0 saturated heterocycles. The number of ether oxygens (including phenoxy) is 1. The van der Waals surface area contributed by atoms with Crippen molar-refractivity contribution >= 4 is 28.8 Å². The molecule has 0 spiro atoms. The van der Waals surface area contributed by atoms with Gasteiger partial charge in [-0.3, -0.25) is 14.7 Å². The molecule has 0 bridgehead atoms. The van der Waals surface area contributed by atoms with Crippen LogP contribution in [-0.4, -0.2) is 43.6 Å². The molecule has 0 unspecified atom stereocenters. The molecule has 4 aromatic heterocycles. The van der Waals surface area contributed by atoms with Crippen molar-refractivity contribution in [2.24, 2.45) is 7.05 Å². The van der Waals surface area contributed by atoms with E-state index in [-0.39, 0.29) is 17.6 Å². The molecule has 2 amide bonds. The number of hydrogen-bond acceptors (Lipinski definition) is 8. The van der Waals surface area contributed by atoms with Gasteiger partial charge in [-0.25, -0.2) is 24.7 Å². The Bertz CT molecular complexity index is 1420. The highest BCUT2D eigenvalue weighted by Crippen LogP contribution is 2.26. The molecule has 4 heterocycles. The molecule has 0 aromatic carbocycles. The number of urea groups is 1. The van der Waals surface area contributed by atoms with Gasteiger partial charge in [0.25, 0.3) is 5.56 Å². The van der Waals surface area contributed by atoms with Crippen LogP contribution in [0.4, 0.5) is 16.6 Å². The third-order valence-electron chi connectivity index (χ3n) is 4.82. The first-order valence-electron chi connectivity index (χ1n) is 10.6. The second-order valence-corrected chi connectivity index (χ2v) is 7.76. The molecular weight excluding hydrogens is 436 g/mol. The summed E-state index contributed by atoms with van der Waals surface area (Å²) in [5.74, 6) is 1.81. The fraction of sp³-hybridized carbons (Fsp3) is 0.217. The molecule has 0 saturated carbocycles. The van der Waals surface area contributed by atoms with E-state index in [2.05, 4.69) is 35.9 Å². The molecule has 0 radical (unpaired) electrons. The first-order chi connectivity index (χ1) is 16.3. The maximum Gasteiger partial charge on any atom is 0.320 e. The Labute approximate surface area is 195 Å². The molecule has 0 aliphatic rings. The Hall–Kier alpha value is -4.54. The third-order valence-corrected chi connectivity index (χ3v) is 4.82. The maximum absolute atomic E-state index is 12.8. The van der Waals surface area contributed by atoms with E-state index in [1.54, 1.807) is 31.3 Å². The number of hydrogen-bond donors (Lipinski definition) is 3. The fourth-order valence-corrected chi connectivity index (χ4v) is 3.17. The molecule has 4 rings (SSSR count). The lowest BCUT2D eigenvalue weighted by molar-refractivity contribution is 0.254. The van der Waals surface area contributed by atoms with Gasteiger partial charge in [0, 0.05) is 44.0 Å². The number of nitrogens with one attached hydrogen (secondary N) is 3. The van der Waals surface area contributed by atoms with Crippen LogP contribution in [0.3, 0.4) is 0 Å². The molecule has 0 atom stereocenters. The summed E-state index contributed by atoms with van der Waals surface area (Å²) < 4.78 is 7.33. The average molecular weight is 460 g/mol. The number of carbonyl (C=O) groups excluding carboxylic acids is 1. The summed E-state index contributed by atoms with van der Waals surface area (Å²) in [4.78, 5) is 41.7. The van der Waals surface area contributed by atoms with Gasteiger partial charge in [0.05, 0.1) is 17.5 Å². The highest BCUT2D eigenvalue weighted by molar-refractivity contribution is 5.88. The number of anilines is 2. The second-order valence-electron chi connectivity index (χ2n) is 7.76. The van der Waals surface area contributed by atoms with Crippen molar-refractivity contribution in [3.63, 3.8) is 0 Å². The summed E-state index contributed by atoms with van der Waals surface area (Å²) in [7, 11) is 3.19. The second kappa shape index (κ2) is 9.53. The molecule has 0 aliphatic carbocycles. The van der Waals surface area contributed by atoms with Crippen LogP contribution in [0.2, 0.25) is 0 Å². The number of rotatable bonds is 6. The zero-order chi connectivity index (χ0) is 24.2. The Balaban J connectivity index is 1.59. The van der Waals surface area contributed by atoms with E-state index < -0.39 is 0 Å². The van der Waals surface area contributed by atoms with E-state index >= 15 is 0 Å². The van der Waals surface area contributed by atoms with Gasteiger partial charge >= 0.3 is 6.03 Å². The summed E-state index contributed by atoms with van der Waals surface area (Å²) >= 11 is 0. The van der Waals surface area contributed by atoms with Crippen LogP contribution >= 0.6 is 0 Å². The monoisotopic (exact) mass is 460 g/mol. The molecule has 3 N–H and O–H groups in total. The first-order valence-corrected chi connectivity index (χ1v) is 10.6. The molecule has 11 heteroatoms. The number of fused-ring (bicyclic) bond motifs is 1. The Kier molecular flexibility index (Phi) is 6.35. The van der Waals surface area contributed by atoms with Crippen LogP contribution in [0.5, 0.6) is 11.5 Å².